The third-order valence-corrected chi connectivity index (χ3v) is 18.2. The van der Waals surface area contributed by atoms with Crippen molar-refractivity contribution in [1.29, 1.82) is 0 Å². The van der Waals surface area contributed by atoms with E-state index < -0.39 is 44.9 Å². The first-order valence-electron chi connectivity index (χ1n) is 23.0. The van der Waals surface area contributed by atoms with Crippen LogP contribution in [0.25, 0.3) is 0 Å². The van der Waals surface area contributed by atoms with Crippen molar-refractivity contribution in [2.24, 2.45) is 44.8 Å². The van der Waals surface area contributed by atoms with Gasteiger partial charge in [-0.1, -0.05) is 72.8 Å². The lowest BCUT2D eigenvalue weighted by Crippen LogP contribution is -2.62. The summed E-state index contributed by atoms with van der Waals surface area (Å²) in [7, 11) is -3.86. The summed E-state index contributed by atoms with van der Waals surface area (Å²) in [6.07, 6.45) is 14.4. The van der Waals surface area contributed by atoms with E-state index in [1.54, 1.807) is 11.0 Å². The number of hydrogen-bond donors (Lipinski definition) is 3. The van der Waals surface area contributed by atoms with Gasteiger partial charge in [-0.05, 0) is 119 Å². The van der Waals surface area contributed by atoms with Crippen molar-refractivity contribution in [1.82, 2.24) is 25.2 Å². The zero-order chi connectivity index (χ0) is 42.9. The van der Waals surface area contributed by atoms with Gasteiger partial charge in [0.1, 0.15) is 12.1 Å². The number of nitrogens with one attached hydrogen (secondary N) is 3. The SMILES string of the molecule is C=C[C@@H]1C[C@]1(CC(=O)[C@@H]1C[C@@]2(CN1C(=O)[C@@H](NC(=O)C(NC(=O)[C@@H]1CCCCN1C(C)C)C1CCCCC1)C(C)(C)C)C(C)(C)C21CCC1)C(=O)NS(=O)(=O)CC1CC1. The minimum absolute atomic E-state index is 0.0164. The molecule has 1 unspecified atom stereocenters. The van der Waals surface area contributed by atoms with Gasteiger partial charge in [-0.15, -0.1) is 6.58 Å². The molecule has 12 nitrogen and oxygen atoms in total. The van der Waals surface area contributed by atoms with Gasteiger partial charge in [0.15, 0.2) is 5.78 Å². The van der Waals surface area contributed by atoms with Crippen LogP contribution in [-0.2, 0) is 34.0 Å². The number of Topliss-reactive ketones (excluding diaryl/α,β-unsaturated/α-hetero) is 1. The molecule has 4 amide bonds. The molecule has 2 saturated heterocycles. The molecule has 7 rings (SSSR count). The predicted octanol–water partition coefficient (Wildman–Crippen LogP) is 5.65. The first-order valence-corrected chi connectivity index (χ1v) is 24.7. The van der Waals surface area contributed by atoms with E-state index in [1.165, 1.54) is 0 Å². The summed E-state index contributed by atoms with van der Waals surface area (Å²) in [6, 6.07) is -2.73. The molecule has 2 spiro atoms. The fraction of sp³-hybridized carbons (Fsp3) is 0.848. The summed E-state index contributed by atoms with van der Waals surface area (Å²) < 4.78 is 28.2. The Labute approximate surface area is 353 Å². The topological polar surface area (TPSA) is 162 Å². The van der Waals surface area contributed by atoms with Crippen LogP contribution >= 0.6 is 0 Å². The number of piperidine rings is 1. The van der Waals surface area contributed by atoms with Crippen LogP contribution < -0.4 is 15.4 Å². The van der Waals surface area contributed by atoms with Crippen molar-refractivity contribution >= 4 is 39.4 Å². The number of hydrogen-bond acceptors (Lipinski definition) is 8. The van der Waals surface area contributed by atoms with Crippen LogP contribution in [0.1, 0.15) is 151 Å². The van der Waals surface area contributed by atoms with Crippen molar-refractivity contribution in [2.75, 3.05) is 18.8 Å². The van der Waals surface area contributed by atoms with Crippen LogP contribution in [0.5, 0.6) is 0 Å². The third-order valence-electron chi connectivity index (χ3n) is 16.8. The number of fused-ring (bicyclic) bond motifs is 1. The average Bonchev–Trinajstić information content (AvgIpc) is 4.10. The largest absolute Gasteiger partial charge is 0.343 e. The molecule has 2 aliphatic heterocycles. The molecule has 5 saturated carbocycles. The smallest absolute Gasteiger partial charge is 0.246 e. The van der Waals surface area contributed by atoms with Gasteiger partial charge >= 0.3 is 0 Å². The predicted molar refractivity (Wildman–Crippen MR) is 227 cm³/mol. The van der Waals surface area contributed by atoms with E-state index in [0.29, 0.717) is 19.4 Å². The highest BCUT2D eigenvalue weighted by Gasteiger charge is 2.85. The number of ketones is 1. The maximum Gasteiger partial charge on any atom is 0.246 e. The molecule has 0 aromatic carbocycles. The molecule has 7 atom stereocenters. The third kappa shape index (κ3) is 7.95. The van der Waals surface area contributed by atoms with Crippen LogP contribution in [0, 0.1) is 44.8 Å². The first kappa shape index (κ1) is 44.3. The second kappa shape index (κ2) is 15.8. The van der Waals surface area contributed by atoms with Crippen LogP contribution in [0.2, 0.25) is 0 Å². The summed E-state index contributed by atoms with van der Waals surface area (Å²) in [4.78, 5) is 76.7. The Kier molecular flexibility index (Phi) is 11.9. The molecular weight excluding hydrogens is 767 g/mol. The van der Waals surface area contributed by atoms with E-state index in [1.807, 2.05) is 20.8 Å². The summed E-state index contributed by atoms with van der Waals surface area (Å²) in [6.45, 7) is 19.6. The van der Waals surface area contributed by atoms with Crippen molar-refractivity contribution < 1.29 is 32.4 Å². The summed E-state index contributed by atoms with van der Waals surface area (Å²) in [5, 5.41) is 6.39. The van der Waals surface area contributed by atoms with E-state index in [4.69, 9.17) is 0 Å². The Balaban J connectivity index is 1.15. The first-order chi connectivity index (χ1) is 27.6. The number of allylic oxidation sites excluding steroid dienone is 1. The molecule has 7 fully saturated rings. The number of nitrogens with zero attached hydrogens (tertiary/aromatic N) is 2. The van der Waals surface area contributed by atoms with E-state index in [2.05, 4.69) is 54.5 Å². The van der Waals surface area contributed by atoms with Crippen molar-refractivity contribution in [3.63, 3.8) is 0 Å². The molecule has 3 N–H and O–H groups in total. The molecule has 0 radical (unpaired) electrons. The lowest BCUT2D eigenvalue weighted by atomic mass is 9.73. The van der Waals surface area contributed by atoms with Crippen LogP contribution in [0.4, 0.5) is 0 Å². The molecule has 0 bridgehead atoms. The standard InChI is InChI=1S/C46H73N5O7S/c1-9-32-24-44(32,41(56)49-59(57,58)27-30-19-20-30)26-35(52)34-25-46(43(7,8)45(46)21-15-22-45)28-51(34)40(55)37(42(4,5)6)48-39(54)36(31-16-11-10-12-17-31)47-38(53)33-18-13-14-23-50(33)29(2)3/h9,29-34,36-37H,1,10-28H2,2-8H3,(H,47,53)(H,48,54)(H,49,56)/t32-,33+,34+,36?,37-,44-,46-/m1/s1. The summed E-state index contributed by atoms with van der Waals surface area (Å²) in [5.41, 5.74) is -2.36. The Morgan fingerprint density at radius 2 is 1.51 bits per heavy atom. The van der Waals surface area contributed by atoms with Crippen LogP contribution in [0.3, 0.4) is 0 Å². The van der Waals surface area contributed by atoms with Gasteiger partial charge in [0.05, 0.1) is 23.3 Å². The Bertz CT molecular complexity index is 1810. The van der Waals surface area contributed by atoms with Gasteiger partial charge in [0.2, 0.25) is 33.7 Å². The van der Waals surface area contributed by atoms with Crippen molar-refractivity contribution in [2.45, 2.75) is 181 Å². The van der Waals surface area contributed by atoms with Crippen LogP contribution in [-0.4, -0.2) is 96.7 Å². The number of sulfonamides is 1. The lowest BCUT2D eigenvalue weighted by molar-refractivity contribution is -0.145. The van der Waals surface area contributed by atoms with E-state index in [9.17, 15) is 27.6 Å². The summed E-state index contributed by atoms with van der Waals surface area (Å²) in [5.74, 6) is -2.19. The van der Waals surface area contributed by atoms with Gasteiger partial charge in [-0.2, -0.15) is 0 Å². The number of rotatable bonds is 15. The molecule has 0 aromatic heterocycles. The highest BCUT2D eigenvalue weighted by atomic mass is 32.2. The number of carbonyl (C=O) groups is 5. The molecule has 59 heavy (non-hydrogen) atoms. The second-order valence-electron chi connectivity index (χ2n) is 21.9. The normalized spacial score (nSPS) is 32.5. The van der Waals surface area contributed by atoms with Gasteiger partial charge in [-0.25, -0.2) is 8.42 Å². The maximum absolute atomic E-state index is 15.3. The minimum atomic E-state index is -3.86. The average molecular weight is 840 g/mol. The minimum Gasteiger partial charge on any atom is -0.343 e. The molecule has 330 valence electrons. The summed E-state index contributed by atoms with van der Waals surface area (Å²) >= 11 is 0. The number of likely N-dealkylation sites (tertiary alicyclic amines) is 2. The Morgan fingerprint density at radius 3 is 2.05 bits per heavy atom. The van der Waals surface area contributed by atoms with E-state index >= 15 is 4.79 Å². The van der Waals surface area contributed by atoms with Crippen molar-refractivity contribution in [3.8, 4) is 0 Å². The highest BCUT2D eigenvalue weighted by Crippen LogP contribution is 2.88. The van der Waals surface area contributed by atoms with Gasteiger partial charge in [0.25, 0.3) is 0 Å². The Hall–Kier alpha value is -2.80. The van der Waals surface area contributed by atoms with Crippen molar-refractivity contribution in [3.05, 3.63) is 12.7 Å². The van der Waals surface area contributed by atoms with Gasteiger partial charge in [0, 0.05) is 24.4 Å². The van der Waals surface area contributed by atoms with E-state index in [0.717, 1.165) is 90.0 Å². The zero-order valence-electron chi connectivity index (χ0n) is 37.0. The molecule has 7 aliphatic rings. The monoisotopic (exact) mass is 840 g/mol. The second-order valence-corrected chi connectivity index (χ2v) is 23.6. The lowest BCUT2D eigenvalue weighted by Gasteiger charge is -2.40. The van der Waals surface area contributed by atoms with Gasteiger partial charge in [-0.3, -0.25) is 33.6 Å². The number of amides is 4. The van der Waals surface area contributed by atoms with E-state index in [-0.39, 0.29) is 81.8 Å². The highest BCUT2D eigenvalue weighted by molar-refractivity contribution is 7.90. The quantitative estimate of drug-likeness (QED) is 0.178. The maximum atomic E-state index is 15.3. The fourth-order valence-electron chi connectivity index (χ4n) is 12.6. The molecule has 5 aliphatic carbocycles. The molecular formula is C46H73N5O7S. The molecule has 2 heterocycles. The zero-order valence-corrected chi connectivity index (χ0v) is 37.8. The molecule has 13 heteroatoms. The van der Waals surface area contributed by atoms with Crippen LogP contribution in [0.15, 0.2) is 12.7 Å². The fourth-order valence-corrected chi connectivity index (χ4v) is 14.1. The van der Waals surface area contributed by atoms with Gasteiger partial charge < -0.3 is 15.5 Å². The number of carbonyl (C=O) groups excluding carboxylic acids is 5. The Morgan fingerprint density at radius 1 is 0.847 bits per heavy atom. The molecule has 0 aromatic rings.